The Bertz CT molecular complexity index is 510. The van der Waals surface area contributed by atoms with Gasteiger partial charge in [-0.25, -0.2) is 0 Å². The fraction of sp³-hybridized carbons (Fsp3) is 0.600. The van der Waals surface area contributed by atoms with Crippen molar-refractivity contribution in [1.29, 1.82) is 0 Å². The lowest BCUT2D eigenvalue weighted by Crippen LogP contribution is -2.39. The molecule has 0 saturated heterocycles. The summed E-state index contributed by atoms with van der Waals surface area (Å²) in [5.41, 5.74) is 6.77. The molecule has 6 heteroatoms. The van der Waals surface area contributed by atoms with Crippen molar-refractivity contribution < 1.29 is 4.92 Å². The Morgan fingerprint density at radius 2 is 2.24 bits per heavy atom. The molecule has 0 spiro atoms. The van der Waals surface area contributed by atoms with E-state index in [1.165, 1.54) is 12.8 Å². The van der Waals surface area contributed by atoms with E-state index in [9.17, 15) is 10.1 Å². The first kappa shape index (κ1) is 16.2. The average Bonchev–Trinajstić information content (AvgIpc) is 2.94. The molecule has 2 N–H and O–H groups in total. The first-order valence-electron chi connectivity index (χ1n) is 7.43. The SMILES string of the molecule is CCN(Cc1ccc(Cl)c([N+](=O)[O-])c1)C1CCCC1CN. The van der Waals surface area contributed by atoms with Crippen LogP contribution in [0.3, 0.4) is 0 Å². The molecule has 0 amide bonds. The number of nitro groups is 1. The quantitative estimate of drug-likeness (QED) is 0.647. The zero-order chi connectivity index (χ0) is 15.4. The van der Waals surface area contributed by atoms with Crippen molar-refractivity contribution in [3.63, 3.8) is 0 Å². The maximum Gasteiger partial charge on any atom is 0.288 e. The lowest BCUT2D eigenvalue weighted by molar-refractivity contribution is -0.384. The maximum absolute atomic E-state index is 11.0. The molecule has 0 heterocycles. The molecule has 116 valence electrons. The third-order valence-electron chi connectivity index (χ3n) is 4.39. The predicted molar refractivity (Wildman–Crippen MR) is 84.4 cm³/mol. The van der Waals surface area contributed by atoms with Gasteiger partial charge in [0.2, 0.25) is 0 Å². The van der Waals surface area contributed by atoms with Gasteiger partial charge in [-0.3, -0.25) is 15.0 Å². The van der Waals surface area contributed by atoms with Gasteiger partial charge in [-0.2, -0.15) is 0 Å². The van der Waals surface area contributed by atoms with E-state index in [2.05, 4.69) is 11.8 Å². The van der Waals surface area contributed by atoms with Gasteiger partial charge in [-0.1, -0.05) is 31.0 Å². The van der Waals surface area contributed by atoms with Crippen LogP contribution in [0.2, 0.25) is 5.02 Å². The Kier molecular flexibility index (Phi) is 5.56. The number of nitro benzene ring substituents is 1. The molecule has 1 aliphatic rings. The molecule has 1 fully saturated rings. The van der Waals surface area contributed by atoms with Crippen LogP contribution in [0.25, 0.3) is 0 Å². The van der Waals surface area contributed by atoms with Crippen LogP contribution >= 0.6 is 11.6 Å². The van der Waals surface area contributed by atoms with Crippen LogP contribution in [0.15, 0.2) is 18.2 Å². The van der Waals surface area contributed by atoms with E-state index in [0.717, 1.165) is 18.5 Å². The largest absolute Gasteiger partial charge is 0.330 e. The number of benzene rings is 1. The molecular formula is C15H22ClN3O2. The molecule has 2 atom stereocenters. The van der Waals surface area contributed by atoms with Crippen molar-refractivity contribution in [2.75, 3.05) is 13.1 Å². The van der Waals surface area contributed by atoms with Gasteiger partial charge in [-0.05, 0) is 43.5 Å². The summed E-state index contributed by atoms with van der Waals surface area (Å²) >= 11 is 5.86. The van der Waals surface area contributed by atoms with E-state index in [1.807, 2.05) is 6.07 Å². The van der Waals surface area contributed by atoms with E-state index < -0.39 is 4.92 Å². The molecule has 1 aliphatic carbocycles. The van der Waals surface area contributed by atoms with Gasteiger partial charge in [0, 0.05) is 18.7 Å². The first-order chi connectivity index (χ1) is 10.1. The van der Waals surface area contributed by atoms with Crippen molar-refractivity contribution in [3.8, 4) is 0 Å². The summed E-state index contributed by atoms with van der Waals surface area (Å²) in [6.07, 6.45) is 3.55. The molecule has 5 nitrogen and oxygen atoms in total. The predicted octanol–water partition coefficient (Wildman–Crippen LogP) is 3.20. The second kappa shape index (κ2) is 7.20. The Morgan fingerprint density at radius 1 is 1.48 bits per heavy atom. The summed E-state index contributed by atoms with van der Waals surface area (Å²) in [4.78, 5) is 12.9. The van der Waals surface area contributed by atoms with E-state index >= 15 is 0 Å². The normalized spacial score (nSPS) is 21.9. The summed E-state index contributed by atoms with van der Waals surface area (Å²) in [5, 5.41) is 11.2. The van der Waals surface area contributed by atoms with E-state index in [0.29, 0.717) is 25.0 Å². The Labute approximate surface area is 130 Å². The minimum atomic E-state index is -0.430. The van der Waals surface area contributed by atoms with Crippen molar-refractivity contribution >= 4 is 17.3 Å². The van der Waals surface area contributed by atoms with Crippen molar-refractivity contribution in [1.82, 2.24) is 4.90 Å². The lowest BCUT2D eigenvalue weighted by atomic mass is 10.0. The molecule has 1 aromatic rings. The number of halogens is 1. The molecule has 1 aromatic carbocycles. The highest BCUT2D eigenvalue weighted by molar-refractivity contribution is 6.32. The van der Waals surface area contributed by atoms with Gasteiger partial charge in [0.1, 0.15) is 5.02 Å². The minimum Gasteiger partial charge on any atom is -0.330 e. The van der Waals surface area contributed by atoms with Crippen LogP contribution in [0.1, 0.15) is 31.7 Å². The molecule has 0 bridgehead atoms. The third-order valence-corrected chi connectivity index (χ3v) is 4.71. The summed E-state index contributed by atoms with van der Waals surface area (Å²) in [6.45, 7) is 4.45. The van der Waals surface area contributed by atoms with Crippen LogP contribution in [0.5, 0.6) is 0 Å². The summed E-state index contributed by atoms with van der Waals surface area (Å²) in [7, 11) is 0. The number of nitrogens with two attached hydrogens (primary N) is 1. The van der Waals surface area contributed by atoms with Gasteiger partial charge in [0.25, 0.3) is 5.69 Å². The van der Waals surface area contributed by atoms with Crippen LogP contribution in [0, 0.1) is 16.0 Å². The third kappa shape index (κ3) is 3.73. The number of hydrogen-bond acceptors (Lipinski definition) is 4. The molecule has 2 rings (SSSR count). The van der Waals surface area contributed by atoms with Crippen LogP contribution < -0.4 is 5.73 Å². The molecule has 0 radical (unpaired) electrons. The number of hydrogen-bond donors (Lipinski definition) is 1. The maximum atomic E-state index is 11.0. The van der Waals surface area contributed by atoms with E-state index in [-0.39, 0.29) is 10.7 Å². The van der Waals surface area contributed by atoms with Gasteiger partial charge in [0.05, 0.1) is 4.92 Å². The number of nitrogens with zero attached hydrogens (tertiary/aromatic N) is 2. The topological polar surface area (TPSA) is 72.4 Å². The van der Waals surface area contributed by atoms with Crippen LogP contribution in [-0.4, -0.2) is 29.0 Å². The van der Waals surface area contributed by atoms with Gasteiger partial charge in [0.15, 0.2) is 0 Å². The Balaban J connectivity index is 2.15. The number of rotatable bonds is 6. The minimum absolute atomic E-state index is 0.0213. The standard InChI is InChI=1S/C15H22ClN3O2/c1-2-18(14-5-3-4-12(14)9-17)10-11-6-7-13(16)15(8-11)19(20)21/h6-8,12,14H,2-5,9-10,17H2,1H3. The second-order valence-corrected chi connectivity index (χ2v) is 6.01. The second-order valence-electron chi connectivity index (χ2n) is 5.60. The van der Waals surface area contributed by atoms with Gasteiger partial charge >= 0.3 is 0 Å². The highest BCUT2D eigenvalue weighted by Crippen LogP contribution is 2.31. The molecule has 2 unspecified atom stereocenters. The fourth-order valence-electron chi connectivity index (χ4n) is 3.27. The lowest BCUT2D eigenvalue weighted by Gasteiger charge is -2.31. The summed E-state index contributed by atoms with van der Waals surface area (Å²) in [5.74, 6) is 0.534. The van der Waals surface area contributed by atoms with Crippen molar-refractivity contribution in [3.05, 3.63) is 38.9 Å². The Morgan fingerprint density at radius 3 is 2.86 bits per heavy atom. The molecular weight excluding hydrogens is 290 g/mol. The summed E-state index contributed by atoms with van der Waals surface area (Å²) < 4.78 is 0. The highest BCUT2D eigenvalue weighted by atomic mass is 35.5. The fourth-order valence-corrected chi connectivity index (χ4v) is 3.45. The highest BCUT2D eigenvalue weighted by Gasteiger charge is 2.30. The average molecular weight is 312 g/mol. The monoisotopic (exact) mass is 311 g/mol. The van der Waals surface area contributed by atoms with Gasteiger partial charge < -0.3 is 5.73 Å². The summed E-state index contributed by atoms with van der Waals surface area (Å²) in [6, 6.07) is 5.54. The van der Waals surface area contributed by atoms with E-state index in [4.69, 9.17) is 17.3 Å². The van der Waals surface area contributed by atoms with Gasteiger partial charge in [-0.15, -0.1) is 0 Å². The van der Waals surface area contributed by atoms with E-state index in [1.54, 1.807) is 12.1 Å². The molecule has 0 aliphatic heterocycles. The molecule has 21 heavy (non-hydrogen) atoms. The van der Waals surface area contributed by atoms with Crippen LogP contribution in [0.4, 0.5) is 5.69 Å². The molecule has 1 saturated carbocycles. The zero-order valence-corrected chi connectivity index (χ0v) is 13.1. The van der Waals surface area contributed by atoms with Crippen molar-refractivity contribution in [2.45, 2.75) is 38.8 Å². The first-order valence-corrected chi connectivity index (χ1v) is 7.81. The zero-order valence-electron chi connectivity index (χ0n) is 12.3. The Hall–Kier alpha value is -1.17. The smallest absolute Gasteiger partial charge is 0.288 e. The van der Waals surface area contributed by atoms with Crippen molar-refractivity contribution in [2.24, 2.45) is 11.7 Å². The molecule has 0 aromatic heterocycles. The van der Waals surface area contributed by atoms with Crippen LogP contribution in [-0.2, 0) is 6.54 Å².